The van der Waals surface area contributed by atoms with Crippen molar-refractivity contribution in [1.82, 2.24) is 4.57 Å². The number of allylic oxidation sites excluding steroid dienone is 1. The van der Waals surface area contributed by atoms with Gasteiger partial charge < -0.3 is 10.1 Å². The van der Waals surface area contributed by atoms with Crippen LogP contribution in [0, 0.1) is 0 Å². The first-order valence-electron chi connectivity index (χ1n) is 10.7. The van der Waals surface area contributed by atoms with Crippen molar-refractivity contribution < 1.29 is 9.53 Å². The van der Waals surface area contributed by atoms with Gasteiger partial charge in [0.05, 0.1) is 27.9 Å². The summed E-state index contributed by atoms with van der Waals surface area (Å²) in [6.07, 6.45) is 1.78. The number of hydrogen-bond donors (Lipinski definition) is 1. The molecular weight excluding hydrogens is 502 g/mol. The second kappa shape index (κ2) is 9.65. The molecule has 0 radical (unpaired) electrons. The summed E-state index contributed by atoms with van der Waals surface area (Å²) in [4.78, 5) is 33.2. The number of benzene rings is 2. The molecule has 176 valence electrons. The topological polar surface area (TPSA) is 72.7 Å². The van der Waals surface area contributed by atoms with Crippen molar-refractivity contribution in [1.29, 1.82) is 0 Å². The van der Waals surface area contributed by atoms with Crippen molar-refractivity contribution in [2.75, 3.05) is 12.4 Å². The molecule has 2 aromatic heterocycles. The monoisotopic (exact) mass is 521 g/mol. The standard InChI is InChI=1S/C26H20ClN3O3S2/c1-15-22(24(31)29-17-7-4-3-5-8-17)23(20-9-6-12-34-20)30-25(32)21(35-26(30)28-15)14-16-10-11-19(33-2)18(27)13-16/h3-14,23H,1-2H3,(H,29,31)/b21-14+/t23-/m0/s1. The van der Waals surface area contributed by atoms with E-state index in [9.17, 15) is 9.59 Å². The molecule has 1 aliphatic rings. The van der Waals surface area contributed by atoms with E-state index in [1.807, 2.05) is 53.9 Å². The molecule has 9 heteroatoms. The average Bonchev–Trinajstić information content (AvgIpc) is 3.48. The van der Waals surface area contributed by atoms with Gasteiger partial charge in [-0.3, -0.25) is 14.2 Å². The molecule has 0 saturated heterocycles. The summed E-state index contributed by atoms with van der Waals surface area (Å²) in [5.74, 6) is 0.278. The first kappa shape index (κ1) is 23.3. The molecule has 1 atom stereocenters. The fraction of sp³-hybridized carbons (Fsp3) is 0.115. The molecule has 1 N–H and O–H groups in total. The fourth-order valence-corrected chi connectivity index (χ4v) is 6.11. The van der Waals surface area contributed by atoms with Crippen LogP contribution in [-0.2, 0) is 4.79 Å². The highest BCUT2D eigenvalue weighted by atomic mass is 35.5. The van der Waals surface area contributed by atoms with Crippen LogP contribution in [0.2, 0.25) is 5.02 Å². The number of nitrogens with zero attached hydrogens (tertiary/aromatic N) is 2. The van der Waals surface area contributed by atoms with Gasteiger partial charge in [0.25, 0.3) is 11.5 Å². The van der Waals surface area contributed by atoms with Crippen molar-refractivity contribution in [2.24, 2.45) is 4.99 Å². The van der Waals surface area contributed by atoms with Gasteiger partial charge in [0.1, 0.15) is 11.8 Å². The third-order valence-corrected chi connectivity index (χ3v) is 7.79. The number of ether oxygens (including phenoxy) is 1. The van der Waals surface area contributed by atoms with Crippen LogP contribution in [0.1, 0.15) is 23.4 Å². The molecule has 6 nitrogen and oxygen atoms in total. The Bertz CT molecular complexity index is 1620. The van der Waals surface area contributed by atoms with Crippen LogP contribution in [0.3, 0.4) is 0 Å². The highest BCUT2D eigenvalue weighted by Crippen LogP contribution is 2.33. The number of thiazole rings is 1. The van der Waals surface area contributed by atoms with Gasteiger partial charge in [-0.2, -0.15) is 0 Å². The molecule has 0 spiro atoms. The van der Waals surface area contributed by atoms with Crippen molar-refractivity contribution in [3.8, 4) is 5.75 Å². The number of carbonyl (C=O) groups excluding carboxylic acids is 1. The van der Waals surface area contributed by atoms with E-state index >= 15 is 0 Å². The molecule has 0 aliphatic carbocycles. The van der Waals surface area contributed by atoms with E-state index in [-0.39, 0.29) is 11.5 Å². The number of methoxy groups -OCH3 is 1. The molecule has 0 fully saturated rings. The van der Waals surface area contributed by atoms with Gasteiger partial charge in [-0.25, -0.2) is 4.99 Å². The van der Waals surface area contributed by atoms with Crippen LogP contribution in [0.25, 0.3) is 6.08 Å². The van der Waals surface area contributed by atoms with Gasteiger partial charge in [-0.1, -0.05) is 53.3 Å². The lowest BCUT2D eigenvalue weighted by atomic mass is 10.0. The molecule has 1 aliphatic heterocycles. The summed E-state index contributed by atoms with van der Waals surface area (Å²) in [6, 6.07) is 17.9. The fourth-order valence-electron chi connectivity index (χ4n) is 3.97. The van der Waals surface area contributed by atoms with E-state index < -0.39 is 6.04 Å². The predicted octanol–water partition coefficient (Wildman–Crippen LogP) is 4.60. The van der Waals surface area contributed by atoms with Gasteiger partial charge in [0.2, 0.25) is 0 Å². The summed E-state index contributed by atoms with van der Waals surface area (Å²) < 4.78 is 7.33. The van der Waals surface area contributed by atoms with Crippen LogP contribution in [0.15, 0.2) is 87.1 Å². The minimum Gasteiger partial charge on any atom is -0.495 e. The predicted molar refractivity (Wildman–Crippen MR) is 141 cm³/mol. The number of hydrogen-bond acceptors (Lipinski definition) is 6. The van der Waals surface area contributed by atoms with Gasteiger partial charge in [-0.05, 0) is 54.3 Å². The quantitative estimate of drug-likeness (QED) is 0.417. The Morgan fingerprint density at radius 2 is 1.97 bits per heavy atom. The number of anilines is 1. The van der Waals surface area contributed by atoms with Crippen molar-refractivity contribution in [3.05, 3.63) is 112 Å². The molecule has 5 rings (SSSR count). The van der Waals surface area contributed by atoms with E-state index in [1.165, 1.54) is 22.7 Å². The van der Waals surface area contributed by atoms with Gasteiger partial charge in [-0.15, -0.1) is 11.3 Å². The number of halogens is 1. The highest BCUT2D eigenvalue weighted by molar-refractivity contribution is 7.10. The first-order valence-corrected chi connectivity index (χ1v) is 12.8. The first-order chi connectivity index (χ1) is 17.0. The van der Waals surface area contributed by atoms with Crippen molar-refractivity contribution in [3.63, 3.8) is 0 Å². The van der Waals surface area contributed by atoms with Crippen LogP contribution in [-0.4, -0.2) is 17.6 Å². The van der Waals surface area contributed by atoms with Crippen LogP contribution in [0.4, 0.5) is 5.69 Å². The minimum atomic E-state index is -0.573. The molecule has 2 aromatic carbocycles. The molecule has 4 aromatic rings. The normalized spacial score (nSPS) is 15.5. The molecule has 3 heterocycles. The second-order valence-corrected chi connectivity index (χ2v) is 10.2. The summed E-state index contributed by atoms with van der Waals surface area (Å²) >= 11 is 9.06. The van der Waals surface area contributed by atoms with E-state index in [0.717, 1.165) is 10.4 Å². The average molecular weight is 522 g/mol. The Balaban J connectivity index is 1.63. The lowest BCUT2D eigenvalue weighted by Gasteiger charge is -2.24. The summed E-state index contributed by atoms with van der Waals surface area (Å²) in [5, 5.41) is 5.35. The zero-order valence-corrected chi connectivity index (χ0v) is 21.2. The summed E-state index contributed by atoms with van der Waals surface area (Å²) in [7, 11) is 1.55. The molecule has 0 saturated carbocycles. The van der Waals surface area contributed by atoms with Crippen LogP contribution < -0.4 is 24.9 Å². The number of amides is 1. The number of carbonyl (C=O) groups is 1. The van der Waals surface area contributed by atoms with Crippen LogP contribution >= 0.6 is 34.3 Å². The molecule has 0 bridgehead atoms. The number of rotatable bonds is 5. The van der Waals surface area contributed by atoms with Gasteiger partial charge in [0.15, 0.2) is 4.80 Å². The molecule has 1 amide bonds. The Hall–Kier alpha value is -3.46. The molecule has 35 heavy (non-hydrogen) atoms. The number of nitrogens with one attached hydrogen (secondary N) is 1. The van der Waals surface area contributed by atoms with Crippen LogP contribution in [0.5, 0.6) is 5.75 Å². The maximum Gasteiger partial charge on any atom is 0.271 e. The van der Waals surface area contributed by atoms with Crippen molar-refractivity contribution in [2.45, 2.75) is 13.0 Å². The highest BCUT2D eigenvalue weighted by Gasteiger charge is 2.33. The van der Waals surface area contributed by atoms with E-state index in [4.69, 9.17) is 16.3 Å². The SMILES string of the molecule is COc1ccc(/C=c2/sc3n(c2=O)[C@@H](c2cccs2)C(C(=O)Nc2ccccc2)=C(C)N=3)cc1Cl. The Morgan fingerprint density at radius 1 is 1.17 bits per heavy atom. The number of thiophene rings is 1. The van der Waals surface area contributed by atoms with E-state index in [0.29, 0.717) is 37.1 Å². The minimum absolute atomic E-state index is 0.211. The summed E-state index contributed by atoms with van der Waals surface area (Å²) in [5.41, 5.74) is 2.26. The number of fused-ring (bicyclic) bond motifs is 1. The van der Waals surface area contributed by atoms with Gasteiger partial charge >= 0.3 is 0 Å². The third-order valence-electron chi connectivity index (χ3n) is 5.58. The molecule has 0 unspecified atom stereocenters. The van der Waals surface area contributed by atoms with Crippen molar-refractivity contribution >= 4 is 51.9 Å². The smallest absolute Gasteiger partial charge is 0.271 e. The zero-order valence-electron chi connectivity index (χ0n) is 18.8. The van der Waals surface area contributed by atoms with Gasteiger partial charge in [0, 0.05) is 10.6 Å². The maximum absolute atomic E-state index is 13.6. The molecular formula is C26H20ClN3O3S2. The maximum atomic E-state index is 13.6. The number of para-hydroxylation sites is 1. The third kappa shape index (κ3) is 4.48. The Morgan fingerprint density at radius 3 is 2.66 bits per heavy atom. The second-order valence-electron chi connectivity index (χ2n) is 7.81. The largest absolute Gasteiger partial charge is 0.495 e. The number of aromatic nitrogens is 1. The Labute approximate surface area is 214 Å². The summed E-state index contributed by atoms with van der Waals surface area (Å²) in [6.45, 7) is 1.81. The Kier molecular flexibility index (Phi) is 6.42. The van der Waals surface area contributed by atoms with E-state index in [2.05, 4.69) is 10.3 Å². The lowest BCUT2D eigenvalue weighted by molar-refractivity contribution is -0.113. The van der Waals surface area contributed by atoms with E-state index in [1.54, 1.807) is 36.8 Å². The zero-order chi connectivity index (χ0) is 24.5. The lowest BCUT2D eigenvalue weighted by Crippen LogP contribution is -2.40.